The van der Waals surface area contributed by atoms with Crippen LogP contribution in [0.25, 0.3) is 0 Å². The molecule has 1 aromatic carbocycles. The minimum Gasteiger partial charge on any atom is -0.481 e. The molecule has 1 unspecified atom stereocenters. The molecule has 1 heterocycles. The van der Waals surface area contributed by atoms with E-state index >= 15 is 0 Å². The molecule has 0 saturated carbocycles. The highest BCUT2D eigenvalue weighted by Crippen LogP contribution is 2.23. The van der Waals surface area contributed by atoms with Crippen LogP contribution in [0.1, 0.15) is 12.0 Å². The molecular weight excluding hydrogens is 289 g/mol. The Hall–Kier alpha value is -0.780. The maximum atomic E-state index is 13.7. The lowest BCUT2D eigenvalue weighted by Crippen LogP contribution is -2.43. The van der Waals surface area contributed by atoms with Gasteiger partial charge in [-0.25, -0.2) is 4.39 Å². The highest BCUT2D eigenvalue weighted by Gasteiger charge is 2.25. The lowest BCUT2D eigenvalue weighted by Gasteiger charge is -2.34. The predicted octanol–water partition coefficient (Wildman–Crippen LogP) is 2.87. The molecule has 3 nitrogen and oxygen atoms in total. The van der Waals surface area contributed by atoms with E-state index in [1.54, 1.807) is 17.8 Å². The Balaban J connectivity index is 2.10. The number of carboxylic acid groups (broad SMARTS) is 1. The fraction of sp³-hybridized carbons (Fsp3) is 0.462. The fourth-order valence-corrected chi connectivity index (χ4v) is 3.50. The first kappa shape index (κ1) is 14.6. The van der Waals surface area contributed by atoms with Gasteiger partial charge in [-0.1, -0.05) is 11.6 Å². The van der Waals surface area contributed by atoms with Gasteiger partial charge in [0.05, 0.1) is 6.42 Å². The number of aliphatic carboxylic acids is 1. The van der Waals surface area contributed by atoms with Gasteiger partial charge in [0.2, 0.25) is 0 Å². The minimum absolute atomic E-state index is 0.0466. The first-order chi connectivity index (χ1) is 9.06. The van der Waals surface area contributed by atoms with Crippen LogP contribution in [0.3, 0.4) is 0 Å². The Labute approximate surface area is 120 Å². The van der Waals surface area contributed by atoms with Gasteiger partial charge >= 0.3 is 5.97 Å². The van der Waals surface area contributed by atoms with Crippen molar-refractivity contribution in [1.82, 2.24) is 4.90 Å². The second kappa shape index (κ2) is 6.59. The van der Waals surface area contributed by atoms with Gasteiger partial charge in [0.1, 0.15) is 5.82 Å². The van der Waals surface area contributed by atoms with Crippen LogP contribution in [0.5, 0.6) is 0 Å². The van der Waals surface area contributed by atoms with E-state index < -0.39 is 5.97 Å². The van der Waals surface area contributed by atoms with E-state index in [4.69, 9.17) is 16.7 Å². The van der Waals surface area contributed by atoms with Gasteiger partial charge in [0.25, 0.3) is 0 Å². The van der Waals surface area contributed by atoms with Crippen molar-refractivity contribution in [3.05, 3.63) is 34.6 Å². The van der Waals surface area contributed by atoms with E-state index in [9.17, 15) is 9.18 Å². The molecule has 19 heavy (non-hydrogen) atoms. The maximum absolute atomic E-state index is 13.7. The molecule has 1 saturated heterocycles. The first-order valence-corrected chi connectivity index (χ1v) is 7.57. The van der Waals surface area contributed by atoms with Gasteiger partial charge in [0.15, 0.2) is 0 Å². The van der Waals surface area contributed by atoms with E-state index in [2.05, 4.69) is 0 Å². The highest BCUT2D eigenvalue weighted by atomic mass is 35.5. The monoisotopic (exact) mass is 303 g/mol. The van der Waals surface area contributed by atoms with Crippen molar-refractivity contribution in [3.8, 4) is 0 Å². The smallest absolute Gasteiger partial charge is 0.304 e. The Morgan fingerprint density at radius 2 is 2.37 bits per heavy atom. The van der Waals surface area contributed by atoms with Crippen molar-refractivity contribution in [1.29, 1.82) is 0 Å². The quantitative estimate of drug-likeness (QED) is 0.928. The average Bonchev–Trinajstić information content (AvgIpc) is 2.35. The van der Waals surface area contributed by atoms with Gasteiger partial charge in [-0.15, -0.1) is 0 Å². The number of thioether (sulfide) groups is 1. The molecule has 0 amide bonds. The molecule has 1 fully saturated rings. The lowest BCUT2D eigenvalue weighted by atomic mass is 10.1. The summed E-state index contributed by atoms with van der Waals surface area (Å²) in [6, 6.07) is 4.43. The van der Waals surface area contributed by atoms with Crippen molar-refractivity contribution >= 4 is 29.3 Å². The Bertz CT molecular complexity index is 472. The summed E-state index contributed by atoms with van der Waals surface area (Å²) in [6.07, 6.45) is 0.0924. The van der Waals surface area contributed by atoms with Crippen LogP contribution < -0.4 is 0 Å². The van der Waals surface area contributed by atoms with Gasteiger partial charge < -0.3 is 5.11 Å². The summed E-state index contributed by atoms with van der Waals surface area (Å²) in [4.78, 5) is 12.9. The molecule has 2 rings (SSSR count). The van der Waals surface area contributed by atoms with E-state index in [0.717, 1.165) is 18.1 Å². The molecule has 1 N–H and O–H groups in total. The predicted molar refractivity (Wildman–Crippen MR) is 75.2 cm³/mol. The summed E-state index contributed by atoms with van der Waals surface area (Å²) < 4.78 is 13.7. The standard InChI is InChI=1S/C13H15ClFNO2S/c14-10-1-2-12(15)9(5-10)7-16-3-4-19-8-11(16)6-13(17)18/h1-2,5,11H,3-4,6-8H2,(H,17,18). The molecule has 1 aliphatic heterocycles. The zero-order valence-electron chi connectivity index (χ0n) is 10.3. The maximum Gasteiger partial charge on any atom is 0.304 e. The molecule has 0 radical (unpaired) electrons. The number of halogens is 2. The summed E-state index contributed by atoms with van der Waals surface area (Å²) in [7, 11) is 0. The highest BCUT2D eigenvalue weighted by molar-refractivity contribution is 7.99. The topological polar surface area (TPSA) is 40.5 Å². The van der Waals surface area contributed by atoms with Crippen LogP contribution in [0, 0.1) is 5.82 Å². The molecule has 0 bridgehead atoms. The molecular formula is C13H15ClFNO2S. The number of carboxylic acids is 1. The molecule has 0 aliphatic carbocycles. The molecule has 1 aromatic rings. The third-order valence-corrected chi connectivity index (χ3v) is 4.47. The van der Waals surface area contributed by atoms with Gasteiger partial charge in [0, 0.05) is 41.2 Å². The summed E-state index contributed by atoms with van der Waals surface area (Å²) in [5, 5.41) is 9.41. The summed E-state index contributed by atoms with van der Waals surface area (Å²) in [5.74, 6) is 0.605. The second-order valence-electron chi connectivity index (χ2n) is 4.53. The lowest BCUT2D eigenvalue weighted by molar-refractivity contribution is -0.138. The molecule has 1 atom stereocenters. The number of rotatable bonds is 4. The third kappa shape index (κ3) is 4.09. The van der Waals surface area contributed by atoms with Crippen LogP contribution in [-0.2, 0) is 11.3 Å². The molecule has 1 aliphatic rings. The van der Waals surface area contributed by atoms with Crippen molar-refractivity contribution < 1.29 is 14.3 Å². The van der Waals surface area contributed by atoms with Crippen LogP contribution in [0.4, 0.5) is 4.39 Å². The van der Waals surface area contributed by atoms with Gasteiger partial charge in [-0.05, 0) is 18.2 Å². The average molecular weight is 304 g/mol. The number of carbonyl (C=O) groups is 1. The molecule has 0 aromatic heterocycles. The van der Waals surface area contributed by atoms with Crippen molar-refractivity contribution in [3.63, 3.8) is 0 Å². The summed E-state index contributed by atoms with van der Waals surface area (Å²) in [5.41, 5.74) is 0.523. The molecule has 0 spiro atoms. The number of nitrogens with zero attached hydrogens (tertiary/aromatic N) is 1. The zero-order valence-corrected chi connectivity index (χ0v) is 11.9. The minimum atomic E-state index is -0.816. The van der Waals surface area contributed by atoms with Crippen LogP contribution >= 0.6 is 23.4 Å². The van der Waals surface area contributed by atoms with Crippen LogP contribution in [-0.4, -0.2) is 40.1 Å². The van der Waals surface area contributed by atoms with E-state index in [-0.39, 0.29) is 18.3 Å². The van der Waals surface area contributed by atoms with Crippen molar-refractivity contribution in [2.45, 2.75) is 19.0 Å². The van der Waals surface area contributed by atoms with Crippen LogP contribution in [0.15, 0.2) is 18.2 Å². The second-order valence-corrected chi connectivity index (χ2v) is 6.12. The Morgan fingerprint density at radius 3 is 3.11 bits per heavy atom. The molecule has 104 valence electrons. The van der Waals surface area contributed by atoms with Gasteiger partial charge in [-0.3, -0.25) is 9.69 Å². The van der Waals surface area contributed by atoms with Crippen molar-refractivity contribution in [2.75, 3.05) is 18.1 Å². The van der Waals surface area contributed by atoms with Gasteiger partial charge in [-0.2, -0.15) is 11.8 Å². The first-order valence-electron chi connectivity index (χ1n) is 6.04. The fourth-order valence-electron chi connectivity index (χ4n) is 2.17. The number of hydrogen-bond acceptors (Lipinski definition) is 3. The Morgan fingerprint density at radius 1 is 1.58 bits per heavy atom. The number of hydrogen-bond donors (Lipinski definition) is 1. The molecule has 6 heteroatoms. The summed E-state index contributed by atoms with van der Waals surface area (Å²) in [6.45, 7) is 1.18. The SMILES string of the molecule is O=C(O)CC1CSCCN1Cc1cc(Cl)ccc1F. The van der Waals surface area contributed by atoms with E-state index in [1.807, 2.05) is 4.90 Å². The normalized spacial score (nSPS) is 20.4. The largest absolute Gasteiger partial charge is 0.481 e. The Kier molecular flexibility index (Phi) is 5.07. The summed E-state index contributed by atoms with van der Waals surface area (Å²) >= 11 is 7.61. The van der Waals surface area contributed by atoms with Crippen molar-refractivity contribution in [2.24, 2.45) is 0 Å². The number of benzene rings is 1. The van der Waals surface area contributed by atoms with Crippen LogP contribution in [0.2, 0.25) is 5.02 Å². The third-order valence-electron chi connectivity index (χ3n) is 3.14. The van der Waals surface area contributed by atoms with E-state index in [0.29, 0.717) is 17.1 Å². The zero-order chi connectivity index (χ0) is 13.8. The van der Waals surface area contributed by atoms with E-state index in [1.165, 1.54) is 12.1 Å².